The van der Waals surface area contributed by atoms with Gasteiger partial charge in [0.2, 0.25) is 0 Å². The summed E-state index contributed by atoms with van der Waals surface area (Å²) in [6.07, 6.45) is 3.81. The van der Waals surface area contributed by atoms with Crippen LogP contribution in [0.3, 0.4) is 0 Å². The summed E-state index contributed by atoms with van der Waals surface area (Å²) in [7, 11) is 1.64. The minimum absolute atomic E-state index is 0.189. The Morgan fingerprint density at radius 1 is 1.33 bits per heavy atom. The summed E-state index contributed by atoms with van der Waals surface area (Å²) >= 11 is 0. The van der Waals surface area contributed by atoms with Crippen molar-refractivity contribution in [3.05, 3.63) is 18.1 Å². The first-order chi connectivity index (χ1) is 11.7. The molecule has 2 fully saturated rings. The number of methoxy groups -OCH3 is 1. The average Bonchev–Trinajstić information content (AvgIpc) is 3.07. The first kappa shape index (κ1) is 17.1. The van der Waals surface area contributed by atoms with Gasteiger partial charge in [-0.3, -0.25) is 4.79 Å². The van der Waals surface area contributed by atoms with Gasteiger partial charge in [0.1, 0.15) is 17.8 Å². The van der Waals surface area contributed by atoms with Gasteiger partial charge in [-0.15, -0.1) is 0 Å². The van der Waals surface area contributed by atoms with Gasteiger partial charge in [-0.2, -0.15) is 0 Å². The fourth-order valence-corrected chi connectivity index (χ4v) is 3.02. The van der Waals surface area contributed by atoms with Crippen molar-refractivity contribution in [3.63, 3.8) is 0 Å². The molecule has 0 saturated carbocycles. The van der Waals surface area contributed by atoms with Crippen LogP contribution >= 0.6 is 0 Å². The Hall–Kier alpha value is -1.77. The van der Waals surface area contributed by atoms with Crippen LogP contribution < -0.4 is 10.2 Å². The van der Waals surface area contributed by atoms with Crippen LogP contribution in [-0.2, 0) is 14.2 Å². The molecule has 8 heteroatoms. The third-order valence-corrected chi connectivity index (χ3v) is 4.36. The molecule has 8 nitrogen and oxygen atoms in total. The lowest BCUT2D eigenvalue weighted by Crippen LogP contribution is -2.45. The minimum atomic E-state index is -0.412. The molecule has 3 heterocycles. The van der Waals surface area contributed by atoms with Crippen molar-refractivity contribution >= 4 is 11.7 Å². The number of nitrogens with one attached hydrogen (secondary N) is 1. The second kappa shape index (κ2) is 7.87. The van der Waals surface area contributed by atoms with Gasteiger partial charge >= 0.3 is 0 Å². The average molecular weight is 336 g/mol. The predicted octanol–water partition coefficient (Wildman–Crippen LogP) is 0.586. The molecule has 132 valence electrons. The van der Waals surface area contributed by atoms with Gasteiger partial charge in [-0.25, -0.2) is 9.97 Å². The lowest BCUT2D eigenvalue weighted by atomic mass is 10.0. The lowest BCUT2D eigenvalue weighted by Gasteiger charge is -2.38. The fourth-order valence-electron chi connectivity index (χ4n) is 3.02. The number of piperidine rings is 1. The molecule has 1 N–H and O–H groups in total. The normalized spacial score (nSPS) is 19.6. The van der Waals surface area contributed by atoms with Crippen molar-refractivity contribution in [2.24, 2.45) is 0 Å². The summed E-state index contributed by atoms with van der Waals surface area (Å²) in [6, 6.07) is 1.74. The van der Waals surface area contributed by atoms with E-state index in [-0.39, 0.29) is 5.91 Å². The van der Waals surface area contributed by atoms with E-state index in [0.29, 0.717) is 32.1 Å². The van der Waals surface area contributed by atoms with Crippen LogP contribution in [0.2, 0.25) is 0 Å². The van der Waals surface area contributed by atoms with E-state index in [1.165, 1.54) is 6.33 Å². The second-order valence-corrected chi connectivity index (χ2v) is 5.96. The third kappa shape index (κ3) is 4.00. The molecule has 0 unspecified atom stereocenters. The zero-order chi connectivity index (χ0) is 16.8. The molecule has 1 aromatic heterocycles. The number of carbonyl (C=O) groups excluding carboxylic acids is 1. The van der Waals surface area contributed by atoms with Crippen LogP contribution in [0.4, 0.5) is 5.82 Å². The maximum atomic E-state index is 12.1. The van der Waals surface area contributed by atoms with Gasteiger partial charge in [0.05, 0.1) is 13.2 Å². The van der Waals surface area contributed by atoms with Crippen molar-refractivity contribution in [1.29, 1.82) is 0 Å². The van der Waals surface area contributed by atoms with E-state index in [4.69, 9.17) is 14.2 Å². The highest BCUT2D eigenvalue weighted by Gasteiger charge is 2.40. The summed E-state index contributed by atoms with van der Waals surface area (Å²) in [6.45, 7) is 4.08. The molecule has 2 aliphatic heterocycles. The van der Waals surface area contributed by atoms with E-state index < -0.39 is 5.79 Å². The molecule has 1 spiro atoms. The van der Waals surface area contributed by atoms with Crippen LogP contribution in [0.1, 0.15) is 29.8 Å². The second-order valence-electron chi connectivity index (χ2n) is 5.96. The number of anilines is 1. The summed E-state index contributed by atoms with van der Waals surface area (Å²) in [4.78, 5) is 22.7. The Balaban J connectivity index is 1.56. The lowest BCUT2D eigenvalue weighted by molar-refractivity contribution is -0.169. The van der Waals surface area contributed by atoms with Gasteiger partial charge < -0.3 is 24.4 Å². The Labute approximate surface area is 141 Å². The van der Waals surface area contributed by atoms with E-state index in [0.717, 1.165) is 38.2 Å². The smallest absolute Gasteiger partial charge is 0.270 e. The van der Waals surface area contributed by atoms with Crippen LogP contribution in [0.15, 0.2) is 12.4 Å². The third-order valence-electron chi connectivity index (χ3n) is 4.36. The number of amides is 1. The number of aromatic nitrogens is 2. The Bertz CT molecular complexity index is 553. The topological polar surface area (TPSA) is 85.8 Å². The van der Waals surface area contributed by atoms with Gasteiger partial charge in [0.15, 0.2) is 5.79 Å². The fraction of sp³-hybridized carbons (Fsp3) is 0.688. The molecule has 1 amide bonds. The van der Waals surface area contributed by atoms with E-state index >= 15 is 0 Å². The zero-order valence-corrected chi connectivity index (χ0v) is 14.0. The van der Waals surface area contributed by atoms with Gasteiger partial charge in [0, 0.05) is 52.3 Å². The van der Waals surface area contributed by atoms with E-state index in [2.05, 4.69) is 20.2 Å². The van der Waals surface area contributed by atoms with Gasteiger partial charge in [-0.1, -0.05) is 0 Å². The highest BCUT2D eigenvalue weighted by Crippen LogP contribution is 2.32. The maximum absolute atomic E-state index is 12.1. The molecule has 3 rings (SSSR count). The zero-order valence-electron chi connectivity index (χ0n) is 14.0. The van der Waals surface area contributed by atoms with Crippen molar-refractivity contribution < 1.29 is 19.0 Å². The molecule has 24 heavy (non-hydrogen) atoms. The summed E-state index contributed by atoms with van der Waals surface area (Å²) in [5.41, 5.74) is 0.381. The predicted molar refractivity (Wildman–Crippen MR) is 86.9 cm³/mol. The van der Waals surface area contributed by atoms with Crippen LogP contribution in [0.25, 0.3) is 0 Å². The highest BCUT2D eigenvalue weighted by molar-refractivity contribution is 5.92. The van der Waals surface area contributed by atoms with Crippen LogP contribution in [0.5, 0.6) is 0 Å². The molecule has 0 aromatic carbocycles. The quantitative estimate of drug-likeness (QED) is 0.761. The molecular formula is C16H24N4O4. The van der Waals surface area contributed by atoms with E-state index in [1.54, 1.807) is 13.2 Å². The number of carbonyl (C=O) groups is 1. The van der Waals surface area contributed by atoms with Crippen molar-refractivity contribution in [3.8, 4) is 0 Å². The largest absolute Gasteiger partial charge is 0.385 e. The van der Waals surface area contributed by atoms with Crippen molar-refractivity contribution in [2.75, 3.05) is 51.5 Å². The number of ether oxygens (including phenoxy) is 3. The molecule has 2 saturated heterocycles. The first-order valence-electron chi connectivity index (χ1n) is 8.34. The van der Waals surface area contributed by atoms with Gasteiger partial charge in [0.25, 0.3) is 5.91 Å². The molecule has 0 aliphatic carbocycles. The number of hydrogen-bond acceptors (Lipinski definition) is 7. The molecule has 2 aliphatic rings. The summed E-state index contributed by atoms with van der Waals surface area (Å²) in [5.74, 6) is 0.163. The first-order valence-corrected chi connectivity index (χ1v) is 8.34. The summed E-state index contributed by atoms with van der Waals surface area (Å²) in [5, 5.41) is 2.84. The Morgan fingerprint density at radius 2 is 2.08 bits per heavy atom. The van der Waals surface area contributed by atoms with Crippen LogP contribution in [-0.4, -0.2) is 68.2 Å². The molecule has 0 radical (unpaired) electrons. The van der Waals surface area contributed by atoms with E-state index in [9.17, 15) is 4.79 Å². The maximum Gasteiger partial charge on any atom is 0.270 e. The standard InChI is InChI=1S/C16H24N4O4/c1-22-8-2-5-17-15(21)13-11-14(19-12-18-13)20-6-3-16(4-7-20)23-9-10-24-16/h11-12H,2-10H2,1H3,(H,17,21). The monoisotopic (exact) mass is 336 g/mol. The molecule has 0 bridgehead atoms. The van der Waals surface area contributed by atoms with E-state index in [1.807, 2.05) is 0 Å². The van der Waals surface area contributed by atoms with Gasteiger partial charge in [-0.05, 0) is 6.42 Å². The minimum Gasteiger partial charge on any atom is -0.385 e. The Kier molecular flexibility index (Phi) is 5.60. The molecular weight excluding hydrogens is 312 g/mol. The molecule has 0 atom stereocenters. The summed E-state index contributed by atoms with van der Waals surface area (Å²) < 4.78 is 16.4. The SMILES string of the molecule is COCCCNC(=O)c1cc(N2CCC3(CC2)OCCO3)ncn1. The van der Waals surface area contributed by atoms with Crippen molar-refractivity contribution in [2.45, 2.75) is 25.0 Å². The molecule has 1 aromatic rings. The highest BCUT2D eigenvalue weighted by atomic mass is 16.7. The van der Waals surface area contributed by atoms with Crippen molar-refractivity contribution in [1.82, 2.24) is 15.3 Å². The number of nitrogens with zero attached hydrogens (tertiary/aromatic N) is 3. The van der Waals surface area contributed by atoms with Crippen LogP contribution in [0, 0.1) is 0 Å². The number of hydrogen-bond donors (Lipinski definition) is 1. The Morgan fingerprint density at radius 3 is 2.79 bits per heavy atom. The number of rotatable bonds is 6.